The van der Waals surface area contributed by atoms with E-state index in [1.807, 2.05) is 0 Å². The van der Waals surface area contributed by atoms with Gasteiger partial charge < -0.3 is 4.57 Å². The third-order valence-corrected chi connectivity index (χ3v) is 13.8. The topological polar surface area (TPSA) is 17.3 Å². The summed E-state index contributed by atoms with van der Waals surface area (Å²) in [5.41, 5.74) is 21.1. The van der Waals surface area contributed by atoms with Gasteiger partial charge in [-0.2, -0.15) is 0 Å². The maximum absolute atomic E-state index is 5.56. The van der Waals surface area contributed by atoms with Crippen LogP contribution in [0.5, 0.6) is 0 Å². The number of nitrogens with zero attached hydrogens (tertiary/aromatic N) is 2. The van der Waals surface area contributed by atoms with Crippen LogP contribution in [0.15, 0.2) is 247 Å². The van der Waals surface area contributed by atoms with Gasteiger partial charge in [0.05, 0.1) is 22.1 Å². The van der Waals surface area contributed by atoms with Crippen molar-refractivity contribution in [2.75, 3.05) is 0 Å². The Kier molecular flexibility index (Phi) is 9.46. The highest BCUT2D eigenvalue weighted by Gasteiger charge is 2.46. The molecule has 0 radical (unpaired) electrons. The van der Waals surface area contributed by atoms with Crippen molar-refractivity contribution in [3.05, 3.63) is 281 Å². The van der Waals surface area contributed by atoms with E-state index in [9.17, 15) is 0 Å². The van der Waals surface area contributed by atoms with E-state index in [1.165, 1.54) is 88.6 Å². The Labute approximate surface area is 380 Å². The lowest BCUT2D eigenvalue weighted by Gasteiger charge is -2.34. The van der Waals surface area contributed by atoms with Crippen LogP contribution in [0, 0.1) is 0 Å². The van der Waals surface area contributed by atoms with E-state index in [0.29, 0.717) is 0 Å². The van der Waals surface area contributed by atoms with Crippen molar-refractivity contribution in [2.24, 2.45) is 4.99 Å². The Morgan fingerprint density at radius 2 is 1.00 bits per heavy atom. The standard InChI is InChI=1S/C63H46N2/c1-43-35-37-59(44-21-7-2-8-22-44)64-60(45-23-9-3-10-24-45)42-52(43)54-41-58-55(50-31-17-19-33-57(50)63(58,47-25-11-4-12-26-47)48-27-13-5-14-28-48)40-53(54)46-36-38-62-56(39-46)51-32-18-20-34-61(51)65(62)49-29-15-6-16-30-49/h2-34,36,38-42H,35,37H2,1H3/b52-43-,60-42-,64-59+. The second-order valence-corrected chi connectivity index (χ2v) is 17.4. The van der Waals surface area contributed by atoms with Gasteiger partial charge in [0, 0.05) is 27.7 Å². The van der Waals surface area contributed by atoms with Crippen LogP contribution in [0.2, 0.25) is 0 Å². The third-order valence-electron chi connectivity index (χ3n) is 13.8. The first-order chi connectivity index (χ1) is 32.2. The van der Waals surface area contributed by atoms with Crippen LogP contribution in [0.1, 0.15) is 58.7 Å². The molecule has 1 aliphatic heterocycles. The number of para-hydroxylation sites is 2. The van der Waals surface area contributed by atoms with Crippen molar-refractivity contribution in [1.82, 2.24) is 4.57 Å². The van der Waals surface area contributed by atoms with Gasteiger partial charge in [0.1, 0.15) is 0 Å². The fourth-order valence-electron chi connectivity index (χ4n) is 10.8. The summed E-state index contributed by atoms with van der Waals surface area (Å²) in [7, 11) is 0. The van der Waals surface area contributed by atoms with Gasteiger partial charge in [-0.3, -0.25) is 4.99 Å². The molecule has 0 atom stereocenters. The SMILES string of the molecule is C\C1=C(c2cc3c(cc2-c2ccc4c(c2)c2ccccc2n4-c2ccccc2)-c2ccccc2C3(c2ccccc2)c2ccccc2)/C=C(c2ccccc2)\N=C(\c2ccccc2)CC1. The molecule has 2 heterocycles. The van der Waals surface area contributed by atoms with Gasteiger partial charge in [0.15, 0.2) is 0 Å². The summed E-state index contributed by atoms with van der Waals surface area (Å²) in [4.78, 5) is 5.56. The molecule has 10 aromatic rings. The minimum Gasteiger partial charge on any atom is -0.309 e. The molecule has 12 rings (SSSR count). The average molecular weight is 831 g/mol. The molecular weight excluding hydrogens is 785 g/mol. The molecule has 65 heavy (non-hydrogen) atoms. The Balaban J connectivity index is 1.18. The molecule has 0 saturated heterocycles. The van der Waals surface area contributed by atoms with Crippen LogP contribution in [0.4, 0.5) is 0 Å². The second-order valence-electron chi connectivity index (χ2n) is 17.4. The fraction of sp³-hybridized carbons (Fsp3) is 0.0635. The van der Waals surface area contributed by atoms with Crippen molar-refractivity contribution in [3.8, 4) is 27.9 Å². The van der Waals surface area contributed by atoms with E-state index >= 15 is 0 Å². The summed E-state index contributed by atoms with van der Waals surface area (Å²) in [5, 5.41) is 2.47. The van der Waals surface area contributed by atoms with Crippen LogP contribution in [-0.4, -0.2) is 10.3 Å². The molecular formula is C63H46N2. The van der Waals surface area contributed by atoms with Gasteiger partial charge in [-0.15, -0.1) is 0 Å². The number of hydrogen-bond acceptors (Lipinski definition) is 1. The van der Waals surface area contributed by atoms with Crippen molar-refractivity contribution in [3.63, 3.8) is 0 Å². The Bertz CT molecular complexity index is 3460. The zero-order valence-electron chi connectivity index (χ0n) is 36.3. The summed E-state index contributed by atoms with van der Waals surface area (Å²) in [6.07, 6.45) is 4.09. The highest BCUT2D eigenvalue weighted by Crippen LogP contribution is 2.58. The molecule has 0 amide bonds. The molecule has 0 unspecified atom stereocenters. The largest absolute Gasteiger partial charge is 0.309 e. The number of aliphatic imine (C=N–C) groups is 1. The number of aromatic nitrogens is 1. The number of fused-ring (bicyclic) bond motifs is 6. The number of hydrogen-bond donors (Lipinski definition) is 0. The van der Waals surface area contributed by atoms with Gasteiger partial charge in [0.25, 0.3) is 0 Å². The minimum atomic E-state index is -0.546. The molecule has 308 valence electrons. The van der Waals surface area contributed by atoms with Gasteiger partial charge in [-0.25, -0.2) is 0 Å². The van der Waals surface area contributed by atoms with E-state index in [4.69, 9.17) is 4.99 Å². The summed E-state index contributed by atoms with van der Waals surface area (Å²) in [6, 6.07) is 84.6. The fourth-order valence-corrected chi connectivity index (χ4v) is 10.8. The molecule has 0 N–H and O–H groups in total. The number of benzene rings is 9. The van der Waals surface area contributed by atoms with Gasteiger partial charge in [-0.05, 0) is 130 Å². The zero-order chi connectivity index (χ0) is 43.3. The first kappa shape index (κ1) is 38.6. The molecule has 2 heteroatoms. The van der Waals surface area contributed by atoms with Gasteiger partial charge in [-0.1, -0.05) is 194 Å². The molecule has 9 aromatic carbocycles. The normalized spacial score (nSPS) is 17.1. The highest BCUT2D eigenvalue weighted by atomic mass is 15.0. The molecule has 0 saturated carbocycles. The van der Waals surface area contributed by atoms with Crippen LogP contribution in [0.3, 0.4) is 0 Å². The first-order valence-electron chi connectivity index (χ1n) is 22.8. The molecule has 2 aliphatic rings. The Morgan fingerprint density at radius 3 is 1.71 bits per heavy atom. The minimum absolute atomic E-state index is 0.546. The first-order valence-corrected chi connectivity index (χ1v) is 22.8. The predicted octanol–water partition coefficient (Wildman–Crippen LogP) is 15.9. The summed E-state index contributed by atoms with van der Waals surface area (Å²) in [6.45, 7) is 2.34. The van der Waals surface area contributed by atoms with E-state index in [1.54, 1.807) is 0 Å². The average Bonchev–Trinajstić information content (AvgIpc) is 3.86. The van der Waals surface area contributed by atoms with E-state index < -0.39 is 5.41 Å². The lowest BCUT2D eigenvalue weighted by atomic mass is 9.67. The molecule has 1 aliphatic carbocycles. The maximum Gasteiger partial charge on any atom is 0.0713 e. The lowest BCUT2D eigenvalue weighted by Crippen LogP contribution is -2.28. The Morgan fingerprint density at radius 1 is 0.415 bits per heavy atom. The summed E-state index contributed by atoms with van der Waals surface area (Å²) in [5.74, 6) is 0. The molecule has 0 spiro atoms. The van der Waals surface area contributed by atoms with Crippen LogP contribution < -0.4 is 0 Å². The third kappa shape index (κ3) is 6.36. The molecule has 2 nitrogen and oxygen atoms in total. The lowest BCUT2D eigenvalue weighted by molar-refractivity contribution is 0.768. The van der Waals surface area contributed by atoms with Crippen molar-refractivity contribution in [1.29, 1.82) is 0 Å². The van der Waals surface area contributed by atoms with Gasteiger partial charge in [0.2, 0.25) is 0 Å². The number of allylic oxidation sites excluding steroid dienone is 3. The van der Waals surface area contributed by atoms with Crippen LogP contribution in [-0.2, 0) is 5.41 Å². The van der Waals surface area contributed by atoms with E-state index in [2.05, 4.69) is 248 Å². The van der Waals surface area contributed by atoms with Crippen LogP contribution >= 0.6 is 0 Å². The maximum atomic E-state index is 5.56. The van der Waals surface area contributed by atoms with Gasteiger partial charge >= 0.3 is 0 Å². The molecule has 1 aromatic heterocycles. The van der Waals surface area contributed by atoms with Crippen molar-refractivity contribution in [2.45, 2.75) is 25.2 Å². The van der Waals surface area contributed by atoms with E-state index in [-0.39, 0.29) is 0 Å². The van der Waals surface area contributed by atoms with Crippen LogP contribution in [0.25, 0.3) is 61.0 Å². The van der Waals surface area contributed by atoms with Crippen molar-refractivity contribution >= 4 is 38.8 Å². The monoisotopic (exact) mass is 830 g/mol. The van der Waals surface area contributed by atoms with Crippen molar-refractivity contribution < 1.29 is 0 Å². The van der Waals surface area contributed by atoms with E-state index in [0.717, 1.165) is 35.5 Å². The highest BCUT2D eigenvalue weighted by molar-refractivity contribution is 6.11. The Hall–Kier alpha value is -8.07. The second kappa shape index (κ2) is 15.9. The zero-order valence-corrected chi connectivity index (χ0v) is 36.3. The molecule has 0 fully saturated rings. The summed E-state index contributed by atoms with van der Waals surface area (Å²) < 4.78 is 2.40. The molecule has 0 bridgehead atoms. The predicted molar refractivity (Wildman–Crippen MR) is 273 cm³/mol. The number of rotatable bonds is 7. The summed E-state index contributed by atoms with van der Waals surface area (Å²) >= 11 is 0. The quantitative estimate of drug-likeness (QED) is 0.152. The smallest absolute Gasteiger partial charge is 0.0713 e.